The lowest BCUT2D eigenvalue weighted by molar-refractivity contribution is -0.137. The van der Waals surface area contributed by atoms with Crippen LogP contribution in [0.25, 0.3) is 0 Å². The zero-order valence-electron chi connectivity index (χ0n) is 9.40. The standard InChI is InChI=1S/C11H10F3N3S/c1-7(18-10-15-6-16-17-10)8-2-4-9(5-3-8)11(12,13)14/h2-7H,1H3,(H,15,16,17)/t7-/m1/s1. The van der Waals surface area contributed by atoms with Crippen molar-refractivity contribution in [2.45, 2.75) is 23.5 Å². The number of hydrogen-bond acceptors (Lipinski definition) is 3. The number of nitrogens with zero attached hydrogens (tertiary/aromatic N) is 2. The molecular formula is C11H10F3N3S. The normalized spacial score (nSPS) is 13.6. The summed E-state index contributed by atoms with van der Waals surface area (Å²) in [6, 6.07) is 5.15. The monoisotopic (exact) mass is 273 g/mol. The molecule has 0 aliphatic rings. The van der Waals surface area contributed by atoms with E-state index < -0.39 is 11.7 Å². The Hall–Kier alpha value is -1.50. The lowest BCUT2D eigenvalue weighted by Crippen LogP contribution is -2.04. The van der Waals surface area contributed by atoms with Gasteiger partial charge in [-0.25, -0.2) is 4.98 Å². The van der Waals surface area contributed by atoms with Crippen molar-refractivity contribution in [3.8, 4) is 0 Å². The summed E-state index contributed by atoms with van der Waals surface area (Å²) in [5.41, 5.74) is 0.174. The zero-order valence-corrected chi connectivity index (χ0v) is 10.2. The van der Waals surface area contributed by atoms with Gasteiger partial charge in [0, 0.05) is 5.25 Å². The Morgan fingerprint density at radius 2 is 1.89 bits per heavy atom. The van der Waals surface area contributed by atoms with Crippen LogP contribution in [-0.2, 0) is 6.18 Å². The van der Waals surface area contributed by atoms with Crippen LogP contribution in [0.3, 0.4) is 0 Å². The third kappa shape index (κ3) is 3.04. The molecule has 0 unspecified atom stereocenters. The van der Waals surface area contributed by atoms with Gasteiger partial charge in [0.05, 0.1) is 5.56 Å². The van der Waals surface area contributed by atoms with Crippen LogP contribution >= 0.6 is 11.8 Å². The molecule has 0 saturated carbocycles. The number of rotatable bonds is 3. The Kier molecular flexibility index (Phi) is 3.60. The highest BCUT2D eigenvalue weighted by Crippen LogP contribution is 2.34. The van der Waals surface area contributed by atoms with Crippen molar-refractivity contribution in [1.29, 1.82) is 0 Å². The van der Waals surface area contributed by atoms with Gasteiger partial charge in [0.1, 0.15) is 6.33 Å². The Labute approximate surface area is 106 Å². The molecule has 0 spiro atoms. The van der Waals surface area contributed by atoms with E-state index in [-0.39, 0.29) is 5.25 Å². The molecule has 0 saturated heterocycles. The fourth-order valence-electron chi connectivity index (χ4n) is 1.43. The highest BCUT2D eigenvalue weighted by atomic mass is 32.2. The molecule has 0 fully saturated rings. The van der Waals surface area contributed by atoms with Crippen LogP contribution in [0.2, 0.25) is 0 Å². The number of hydrogen-bond donors (Lipinski definition) is 1. The summed E-state index contributed by atoms with van der Waals surface area (Å²) in [6.45, 7) is 1.90. The molecule has 0 aliphatic carbocycles. The van der Waals surface area contributed by atoms with Crippen molar-refractivity contribution in [1.82, 2.24) is 15.2 Å². The van der Waals surface area contributed by atoms with Gasteiger partial charge in [-0.2, -0.15) is 18.3 Å². The van der Waals surface area contributed by atoms with Crippen molar-refractivity contribution in [3.63, 3.8) is 0 Å². The van der Waals surface area contributed by atoms with E-state index in [1.165, 1.54) is 30.2 Å². The molecule has 18 heavy (non-hydrogen) atoms. The van der Waals surface area contributed by atoms with Crippen molar-refractivity contribution >= 4 is 11.8 Å². The number of thioether (sulfide) groups is 1. The molecule has 0 aliphatic heterocycles. The van der Waals surface area contributed by atoms with Crippen molar-refractivity contribution < 1.29 is 13.2 Å². The molecule has 1 aromatic heterocycles. The van der Waals surface area contributed by atoms with Gasteiger partial charge in [0.2, 0.25) is 0 Å². The largest absolute Gasteiger partial charge is 0.416 e. The topological polar surface area (TPSA) is 41.6 Å². The Balaban J connectivity index is 2.10. The number of aromatic amines is 1. The second-order valence-electron chi connectivity index (χ2n) is 3.67. The first-order chi connectivity index (χ1) is 8.47. The van der Waals surface area contributed by atoms with Crippen molar-refractivity contribution in [3.05, 3.63) is 41.7 Å². The molecule has 2 aromatic rings. The van der Waals surface area contributed by atoms with Gasteiger partial charge in [-0.3, -0.25) is 5.10 Å². The second kappa shape index (κ2) is 5.01. The van der Waals surface area contributed by atoms with E-state index in [4.69, 9.17) is 0 Å². The third-order valence-corrected chi connectivity index (χ3v) is 3.43. The van der Waals surface area contributed by atoms with E-state index >= 15 is 0 Å². The van der Waals surface area contributed by atoms with Gasteiger partial charge in [0.15, 0.2) is 5.16 Å². The van der Waals surface area contributed by atoms with Crippen molar-refractivity contribution in [2.24, 2.45) is 0 Å². The third-order valence-electron chi connectivity index (χ3n) is 2.39. The predicted octanol–water partition coefficient (Wildman–Crippen LogP) is 3.68. The fourth-order valence-corrected chi connectivity index (χ4v) is 2.27. The zero-order chi connectivity index (χ0) is 13.2. The number of benzene rings is 1. The van der Waals surface area contributed by atoms with E-state index in [1.807, 2.05) is 6.92 Å². The molecule has 1 heterocycles. The lowest BCUT2D eigenvalue weighted by atomic mass is 10.1. The van der Waals surface area contributed by atoms with Gasteiger partial charge in [-0.15, -0.1) is 0 Å². The van der Waals surface area contributed by atoms with Gasteiger partial charge in [-0.1, -0.05) is 23.9 Å². The molecule has 0 amide bonds. The molecular weight excluding hydrogens is 263 g/mol. The molecule has 7 heteroatoms. The highest BCUT2D eigenvalue weighted by molar-refractivity contribution is 7.99. The van der Waals surface area contributed by atoms with E-state index in [9.17, 15) is 13.2 Å². The summed E-state index contributed by atoms with van der Waals surface area (Å²) in [5.74, 6) is 0. The minimum Gasteiger partial charge on any atom is -0.254 e. The maximum absolute atomic E-state index is 12.4. The molecule has 1 aromatic carbocycles. The highest BCUT2D eigenvalue weighted by Gasteiger charge is 2.30. The fraction of sp³-hybridized carbons (Fsp3) is 0.273. The lowest BCUT2D eigenvalue weighted by Gasteiger charge is -2.11. The van der Waals surface area contributed by atoms with Crippen LogP contribution in [0.1, 0.15) is 23.3 Å². The van der Waals surface area contributed by atoms with Crippen LogP contribution in [0.15, 0.2) is 35.7 Å². The number of aromatic nitrogens is 3. The smallest absolute Gasteiger partial charge is 0.254 e. The van der Waals surface area contributed by atoms with E-state index in [0.717, 1.165) is 17.7 Å². The quantitative estimate of drug-likeness (QED) is 0.867. The SMILES string of the molecule is C[C@@H](Sc1ncn[nH]1)c1ccc(C(F)(F)F)cc1. The maximum Gasteiger partial charge on any atom is 0.416 e. The molecule has 1 N–H and O–H groups in total. The second-order valence-corrected chi connectivity index (χ2v) is 5.00. The van der Waals surface area contributed by atoms with Crippen LogP contribution in [0.5, 0.6) is 0 Å². The number of halogens is 3. The average Bonchev–Trinajstić information content (AvgIpc) is 2.81. The van der Waals surface area contributed by atoms with Crippen LogP contribution in [0.4, 0.5) is 13.2 Å². The Bertz CT molecular complexity index is 493. The van der Waals surface area contributed by atoms with Crippen molar-refractivity contribution in [2.75, 3.05) is 0 Å². The molecule has 96 valence electrons. The van der Waals surface area contributed by atoms with Crippen LogP contribution < -0.4 is 0 Å². The first kappa shape index (κ1) is 12.9. The van der Waals surface area contributed by atoms with E-state index in [2.05, 4.69) is 15.2 Å². The first-order valence-corrected chi connectivity index (χ1v) is 6.04. The molecule has 1 atom stereocenters. The summed E-state index contributed by atoms with van der Waals surface area (Å²) in [4.78, 5) is 3.95. The van der Waals surface area contributed by atoms with E-state index in [0.29, 0.717) is 5.16 Å². The summed E-state index contributed by atoms with van der Waals surface area (Å²) >= 11 is 1.41. The summed E-state index contributed by atoms with van der Waals surface area (Å²) in [7, 11) is 0. The van der Waals surface area contributed by atoms with Gasteiger partial charge in [-0.05, 0) is 24.6 Å². The molecule has 0 bridgehead atoms. The Morgan fingerprint density at radius 1 is 1.22 bits per heavy atom. The van der Waals surface area contributed by atoms with Gasteiger partial charge < -0.3 is 0 Å². The van der Waals surface area contributed by atoms with Crippen LogP contribution in [-0.4, -0.2) is 15.2 Å². The Morgan fingerprint density at radius 3 is 2.39 bits per heavy atom. The van der Waals surface area contributed by atoms with Gasteiger partial charge >= 0.3 is 6.18 Å². The van der Waals surface area contributed by atoms with E-state index in [1.54, 1.807) is 0 Å². The molecule has 0 radical (unpaired) electrons. The summed E-state index contributed by atoms with van der Waals surface area (Å²) in [6.07, 6.45) is -2.90. The summed E-state index contributed by atoms with van der Waals surface area (Å²) < 4.78 is 37.2. The first-order valence-electron chi connectivity index (χ1n) is 5.16. The predicted molar refractivity (Wildman–Crippen MR) is 62.1 cm³/mol. The van der Waals surface area contributed by atoms with Gasteiger partial charge in [0.25, 0.3) is 0 Å². The molecule has 3 nitrogen and oxygen atoms in total. The minimum atomic E-state index is -4.29. The number of nitrogens with one attached hydrogen (secondary N) is 1. The summed E-state index contributed by atoms with van der Waals surface area (Å²) in [5, 5.41) is 7.05. The molecule has 2 rings (SSSR count). The number of alkyl halides is 3. The minimum absolute atomic E-state index is 0.000216. The van der Waals surface area contributed by atoms with Crippen LogP contribution in [0, 0.1) is 0 Å². The maximum atomic E-state index is 12.4. The average molecular weight is 273 g/mol. The number of H-pyrrole nitrogens is 1.